The molecule has 2 heterocycles. The SMILES string of the molecule is CC(=O)NCc1ccc(C(=O)C(C)OC(=O)c2cccc(N3CCCC3=O)c2)s1. The maximum Gasteiger partial charge on any atom is 0.338 e. The Morgan fingerprint density at radius 2 is 2.03 bits per heavy atom. The third-order valence-corrected chi connectivity index (χ3v) is 5.64. The third-order valence-electron chi connectivity index (χ3n) is 4.54. The van der Waals surface area contributed by atoms with Crippen molar-refractivity contribution in [2.75, 3.05) is 11.4 Å². The average Bonchev–Trinajstić information content (AvgIpc) is 3.34. The molecular weight excluding hydrogens is 392 g/mol. The summed E-state index contributed by atoms with van der Waals surface area (Å²) in [4.78, 5) is 50.9. The number of esters is 1. The van der Waals surface area contributed by atoms with Gasteiger partial charge in [-0.2, -0.15) is 0 Å². The number of hydrogen-bond donors (Lipinski definition) is 1. The summed E-state index contributed by atoms with van der Waals surface area (Å²) in [7, 11) is 0. The van der Waals surface area contributed by atoms with Crippen LogP contribution in [0.5, 0.6) is 0 Å². The number of amides is 2. The quantitative estimate of drug-likeness (QED) is 0.555. The summed E-state index contributed by atoms with van der Waals surface area (Å²) in [5, 5.41) is 2.68. The van der Waals surface area contributed by atoms with Crippen LogP contribution >= 0.6 is 11.3 Å². The Morgan fingerprint density at radius 3 is 2.72 bits per heavy atom. The highest BCUT2D eigenvalue weighted by molar-refractivity contribution is 7.14. The van der Waals surface area contributed by atoms with Gasteiger partial charge in [-0.15, -0.1) is 11.3 Å². The number of hydrogen-bond acceptors (Lipinski definition) is 6. The van der Waals surface area contributed by atoms with Gasteiger partial charge in [0.2, 0.25) is 17.6 Å². The van der Waals surface area contributed by atoms with Crippen LogP contribution in [0, 0.1) is 0 Å². The van der Waals surface area contributed by atoms with Crippen molar-refractivity contribution >= 4 is 40.6 Å². The van der Waals surface area contributed by atoms with Crippen molar-refractivity contribution in [2.45, 2.75) is 39.3 Å². The maximum absolute atomic E-state index is 12.6. The summed E-state index contributed by atoms with van der Waals surface area (Å²) in [6, 6.07) is 10.1. The summed E-state index contributed by atoms with van der Waals surface area (Å²) in [5.74, 6) is -1.03. The Morgan fingerprint density at radius 1 is 1.24 bits per heavy atom. The number of nitrogens with zero attached hydrogens (tertiary/aromatic N) is 1. The number of anilines is 1. The second kappa shape index (κ2) is 9.00. The number of ether oxygens (including phenoxy) is 1. The second-order valence-electron chi connectivity index (χ2n) is 6.79. The number of Topliss-reactive ketones (excluding diaryl/α,β-unsaturated/α-hetero) is 1. The standard InChI is InChI=1S/C21H22N2O5S/c1-13(20(26)18-9-8-17(29-18)12-22-14(2)24)28-21(27)15-5-3-6-16(11-15)23-10-4-7-19(23)25/h3,5-6,8-9,11,13H,4,7,10,12H2,1-2H3,(H,22,24). The van der Waals surface area contributed by atoms with Gasteiger partial charge in [0.1, 0.15) is 0 Å². The van der Waals surface area contributed by atoms with Crippen LogP contribution in [0.3, 0.4) is 0 Å². The van der Waals surface area contributed by atoms with Gasteiger partial charge in [0.15, 0.2) is 6.10 Å². The molecule has 0 aliphatic carbocycles. The summed E-state index contributed by atoms with van der Waals surface area (Å²) >= 11 is 1.25. The van der Waals surface area contributed by atoms with Gasteiger partial charge in [0.25, 0.3) is 0 Å². The van der Waals surface area contributed by atoms with Crippen molar-refractivity contribution in [1.29, 1.82) is 0 Å². The molecule has 0 bridgehead atoms. The molecule has 1 aromatic carbocycles. The largest absolute Gasteiger partial charge is 0.451 e. The summed E-state index contributed by atoms with van der Waals surface area (Å²) in [6.07, 6.45) is 0.348. The number of ketones is 1. The van der Waals surface area contributed by atoms with Crippen molar-refractivity contribution in [2.24, 2.45) is 0 Å². The van der Waals surface area contributed by atoms with E-state index in [2.05, 4.69) is 5.32 Å². The van der Waals surface area contributed by atoms with E-state index in [4.69, 9.17) is 4.74 Å². The highest BCUT2D eigenvalue weighted by Crippen LogP contribution is 2.23. The smallest absolute Gasteiger partial charge is 0.338 e. The lowest BCUT2D eigenvalue weighted by atomic mass is 10.1. The van der Waals surface area contributed by atoms with E-state index in [1.54, 1.807) is 41.3 Å². The first-order chi connectivity index (χ1) is 13.8. The number of benzene rings is 1. The number of nitrogens with one attached hydrogen (secondary N) is 1. The monoisotopic (exact) mass is 414 g/mol. The molecule has 1 atom stereocenters. The molecule has 29 heavy (non-hydrogen) atoms. The normalized spacial score (nSPS) is 14.6. The van der Waals surface area contributed by atoms with Gasteiger partial charge in [0, 0.05) is 30.5 Å². The van der Waals surface area contributed by atoms with Crippen LogP contribution in [0.25, 0.3) is 0 Å². The van der Waals surface area contributed by atoms with Crippen molar-refractivity contribution < 1.29 is 23.9 Å². The van der Waals surface area contributed by atoms with Crippen LogP contribution in [0.1, 0.15) is 51.6 Å². The predicted octanol–water partition coefficient (Wildman–Crippen LogP) is 2.94. The van der Waals surface area contributed by atoms with E-state index in [-0.39, 0.29) is 17.6 Å². The molecule has 1 aliphatic heterocycles. The number of carbonyl (C=O) groups excluding carboxylic acids is 4. The molecule has 1 aromatic heterocycles. The fraction of sp³-hybridized carbons (Fsp3) is 0.333. The van der Waals surface area contributed by atoms with Crippen LogP contribution in [0.2, 0.25) is 0 Å². The lowest BCUT2D eigenvalue weighted by molar-refractivity contribution is -0.119. The third kappa shape index (κ3) is 5.08. The van der Waals surface area contributed by atoms with Crippen molar-refractivity contribution in [3.8, 4) is 0 Å². The van der Waals surface area contributed by atoms with E-state index in [1.807, 2.05) is 0 Å². The van der Waals surface area contributed by atoms with Crippen molar-refractivity contribution in [3.63, 3.8) is 0 Å². The van der Waals surface area contributed by atoms with Crippen LogP contribution in [-0.4, -0.2) is 36.2 Å². The fourth-order valence-electron chi connectivity index (χ4n) is 3.02. The Kier molecular flexibility index (Phi) is 6.43. The van der Waals surface area contributed by atoms with Crippen LogP contribution in [-0.2, 0) is 20.9 Å². The van der Waals surface area contributed by atoms with E-state index in [9.17, 15) is 19.2 Å². The topological polar surface area (TPSA) is 92.8 Å². The summed E-state index contributed by atoms with van der Waals surface area (Å²) in [5.41, 5.74) is 0.946. The molecule has 0 saturated carbocycles. The van der Waals surface area contributed by atoms with E-state index < -0.39 is 12.1 Å². The number of carbonyl (C=O) groups is 4. The van der Waals surface area contributed by atoms with Gasteiger partial charge < -0.3 is 15.0 Å². The van der Waals surface area contributed by atoms with Crippen LogP contribution < -0.4 is 10.2 Å². The Bertz CT molecular complexity index is 952. The first kappa shape index (κ1) is 20.7. The zero-order chi connectivity index (χ0) is 21.0. The van der Waals surface area contributed by atoms with Crippen molar-refractivity contribution in [1.82, 2.24) is 5.32 Å². The minimum Gasteiger partial charge on any atom is -0.451 e. The Labute approximate surface area is 172 Å². The van der Waals surface area contributed by atoms with Gasteiger partial charge in [-0.25, -0.2) is 4.79 Å². The van der Waals surface area contributed by atoms with E-state index in [0.29, 0.717) is 35.6 Å². The first-order valence-electron chi connectivity index (χ1n) is 9.34. The molecule has 1 saturated heterocycles. The lowest BCUT2D eigenvalue weighted by Crippen LogP contribution is -2.25. The highest BCUT2D eigenvalue weighted by atomic mass is 32.1. The van der Waals surface area contributed by atoms with Gasteiger partial charge in [-0.1, -0.05) is 6.07 Å². The molecule has 0 spiro atoms. The Balaban J connectivity index is 1.63. The lowest BCUT2D eigenvalue weighted by Gasteiger charge is -2.17. The molecule has 1 aliphatic rings. The molecule has 0 radical (unpaired) electrons. The highest BCUT2D eigenvalue weighted by Gasteiger charge is 2.24. The van der Waals surface area contributed by atoms with E-state index in [0.717, 1.165) is 11.3 Å². The van der Waals surface area contributed by atoms with Gasteiger partial charge in [-0.3, -0.25) is 14.4 Å². The number of thiophene rings is 1. The van der Waals surface area contributed by atoms with Gasteiger partial charge >= 0.3 is 5.97 Å². The van der Waals surface area contributed by atoms with Crippen molar-refractivity contribution in [3.05, 3.63) is 51.7 Å². The molecule has 1 N–H and O–H groups in total. The maximum atomic E-state index is 12.6. The predicted molar refractivity (Wildman–Crippen MR) is 109 cm³/mol. The summed E-state index contributed by atoms with van der Waals surface area (Å²) < 4.78 is 5.35. The van der Waals surface area contributed by atoms with Crippen LogP contribution in [0.15, 0.2) is 36.4 Å². The molecule has 2 amide bonds. The molecule has 1 unspecified atom stereocenters. The molecule has 3 rings (SSSR count). The molecule has 2 aromatic rings. The fourth-order valence-corrected chi connectivity index (χ4v) is 3.99. The first-order valence-corrected chi connectivity index (χ1v) is 10.2. The van der Waals surface area contributed by atoms with Gasteiger partial charge in [0.05, 0.1) is 17.0 Å². The Hall–Kier alpha value is -3.00. The molecule has 7 nitrogen and oxygen atoms in total. The average molecular weight is 414 g/mol. The molecular formula is C21H22N2O5S. The minimum atomic E-state index is -0.952. The van der Waals surface area contributed by atoms with E-state index >= 15 is 0 Å². The van der Waals surface area contributed by atoms with Crippen LogP contribution in [0.4, 0.5) is 5.69 Å². The van der Waals surface area contributed by atoms with Gasteiger partial charge in [-0.05, 0) is 43.7 Å². The molecule has 8 heteroatoms. The molecule has 152 valence electrons. The second-order valence-corrected chi connectivity index (χ2v) is 7.96. The number of rotatable bonds is 7. The minimum absolute atomic E-state index is 0.0341. The zero-order valence-electron chi connectivity index (χ0n) is 16.3. The zero-order valence-corrected chi connectivity index (χ0v) is 17.1. The summed E-state index contributed by atoms with van der Waals surface area (Å²) in [6.45, 7) is 3.94. The van der Waals surface area contributed by atoms with E-state index in [1.165, 1.54) is 25.2 Å². The molecule has 1 fully saturated rings.